The van der Waals surface area contributed by atoms with Gasteiger partial charge in [-0.25, -0.2) is 0 Å². The Labute approximate surface area is 124 Å². The lowest BCUT2D eigenvalue weighted by atomic mass is 9.99. The average Bonchev–Trinajstić information content (AvgIpc) is 2.93. The third-order valence-electron chi connectivity index (χ3n) is 3.38. The topological polar surface area (TPSA) is 56.1 Å². The predicted molar refractivity (Wildman–Crippen MR) is 81.0 cm³/mol. The van der Waals surface area contributed by atoms with Gasteiger partial charge in [0.05, 0.1) is 19.2 Å². The van der Waals surface area contributed by atoms with Crippen molar-refractivity contribution in [3.63, 3.8) is 0 Å². The lowest BCUT2D eigenvalue weighted by Crippen LogP contribution is -2.29. The summed E-state index contributed by atoms with van der Waals surface area (Å²) in [6.07, 6.45) is 4.74. The molecule has 0 fully saturated rings. The standard InChI is InChI=1S/C16H21N3O2/c1-19-12-13(10-18-19)8-9-17-11-15(16(20)21-2)14-6-4-3-5-7-14/h3-7,10,12,15,17H,8-9,11H2,1-2H3. The van der Waals surface area contributed by atoms with E-state index in [2.05, 4.69) is 10.4 Å². The highest BCUT2D eigenvalue weighted by molar-refractivity contribution is 5.78. The van der Waals surface area contributed by atoms with Crippen LogP contribution >= 0.6 is 0 Å². The molecule has 1 heterocycles. The Morgan fingerprint density at radius 2 is 2.14 bits per heavy atom. The third kappa shape index (κ3) is 4.43. The van der Waals surface area contributed by atoms with E-state index in [0.717, 1.165) is 18.5 Å². The highest BCUT2D eigenvalue weighted by Gasteiger charge is 2.20. The van der Waals surface area contributed by atoms with Gasteiger partial charge in [-0.1, -0.05) is 30.3 Å². The summed E-state index contributed by atoms with van der Waals surface area (Å²) in [7, 11) is 3.33. The van der Waals surface area contributed by atoms with Crippen LogP contribution in [-0.4, -0.2) is 35.9 Å². The number of hydrogen-bond acceptors (Lipinski definition) is 4. The van der Waals surface area contributed by atoms with E-state index < -0.39 is 0 Å². The van der Waals surface area contributed by atoms with E-state index in [4.69, 9.17) is 4.74 Å². The fraction of sp³-hybridized carbons (Fsp3) is 0.375. The molecule has 1 aromatic heterocycles. The van der Waals surface area contributed by atoms with Crippen LogP contribution in [0.4, 0.5) is 0 Å². The minimum Gasteiger partial charge on any atom is -0.469 e. The van der Waals surface area contributed by atoms with Gasteiger partial charge in [0.1, 0.15) is 0 Å². The van der Waals surface area contributed by atoms with E-state index in [-0.39, 0.29) is 11.9 Å². The zero-order valence-electron chi connectivity index (χ0n) is 12.5. The maximum atomic E-state index is 11.9. The van der Waals surface area contributed by atoms with Crippen LogP contribution in [0.15, 0.2) is 42.7 Å². The zero-order chi connectivity index (χ0) is 15.1. The van der Waals surface area contributed by atoms with Gasteiger partial charge in [0.15, 0.2) is 0 Å². The molecule has 1 atom stereocenters. The van der Waals surface area contributed by atoms with Crippen LogP contribution in [0, 0.1) is 0 Å². The van der Waals surface area contributed by atoms with Crippen molar-refractivity contribution in [1.82, 2.24) is 15.1 Å². The van der Waals surface area contributed by atoms with E-state index in [0.29, 0.717) is 6.54 Å². The van der Waals surface area contributed by atoms with Crippen molar-refractivity contribution in [3.05, 3.63) is 53.9 Å². The third-order valence-corrected chi connectivity index (χ3v) is 3.38. The number of aromatic nitrogens is 2. The summed E-state index contributed by atoms with van der Waals surface area (Å²) in [5.74, 6) is -0.486. The molecule has 0 radical (unpaired) electrons. The van der Waals surface area contributed by atoms with E-state index in [1.165, 1.54) is 12.7 Å². The van der Waals surface area contributed by atoms with Crippen LogP contribution in [0.2, 0.25) is 0 Å². The van der Waals surface area contributed by atoms with Crippen LogP contribution < -0.4 is 5.32 Å². The molecule has 0 saturated heterocycles. The van der Waals surface area contributed by atoms with Gasteiger partial charge >= 0.3 is 5.97 Å². The summed E-state index contributed by atoms with van der Waals surface area (Å²) < 4.78 is 6.68. The molecule has 0 aliphatic rings. The minimum absolute atomic E-state index is 0.213. The second-order valence-electron chi connectivity index (χ2n) is 4.96. The Balaban J connectivity index is 1.86. The van der Waals surface area contributed by atoms with E-state index >= 15 is 0 Å². The molecule has 5 heteroatoms. The quantitative estimate of drug-likeness (QED) is 0.619. The molecule has 21 heavy (non-hydrogen) atoms. The Morgan fingerprint density at radius 1 is 1.38 bits per heavy atom. The molecular formula is C16H21N3O2. The summed E-state index contributed by atoms with van der Waals surface area (Å²) in [5.41, 5.74) is 2.15. The highest BCUT2D eigenvalue weighted by atomic mass is 16.5. The number of rotatable bonds is 7. The Kier molecular flexibility index (Phi) is 5.51. The normalized spacial score (nSPS) is 12.1. The smallest absolute Gasteiger partial charge is 0.314 e. The number of carbonyl (C=O) groups is 1. The van der Waals surface area contributed by atoms with Gasteiger partial charge in [0.2, 0.25) is 0 Å². The molecule has 0 saturated carbocycles. The number of aryl methyl sites for hydroxylation is 1. The molecule has 0 bridgehead atoms. The Morgan fingerprint density at radius 3 is 2.76 bits per heavy atom. The molecule has 2 rings (SSSR count). The van der Waals surface area contributed by atoms with Crippen molar-refractivity contribution in [1.29, 1.82) is 0 Å². The number of esters is 1. The SMILES string of the molecule is COC(=O)C(CNCCc1cnn(C)c1)c1ccccc1. The molecule has 1 aromatic carbocycles. The molecule has 2 aromatic rings. The summed E-state index contributed by atoms with van der Waals surface area (Å²) in [5, 5.41) is 7.45. The van der Waals surface area contributed by atoms with Crippen LogP contribution in [0.3, 0.4) is 0 Å². The van der Waals surface area contributed by atoms with Gasteiger partial charge in [0, 0.05) is 19.8 Å². The number of methoxy groups -OCH3 is 1. The minimum atomic E-state index is -0.273. The molecule has 1 N–H and O–H groups in total. The predicted octanol–water partition coefficient (Wildman–Crippen LogP) is 1.51. The molecule has 0 aliphatic carbocycles. The number of ether oxygens (including phenoxy) is 1. The molecule has 1 unspecified atom stereocenters. The summed E-state index contributed by atoms with van der Waals surface area (Å²) in [6.45, 7) is 1.36. The molecule has 0 amide bonds. The Hall–Kier alpha value is -2.14. The van der Waals surface area contributed by atoms with Crippen LogP contribution in [0.1, 0.15) is 17.0 Å². The zero-order valence-corrected chi connectivity index (χ0v) is 12.5. The second kappa shape index (κ2) is 7.59. The van der Waals surface area contributed by atoms with Gasteiger partial charge in [-0.05, 0) is 24.1 Å². The van der Waals surface area contributed by atoms with Crippen molar-refractivity contribution in [2.24, 2.45) is 7.05 Å². The number of carbonyl (C=O) groups excluding carboxylic acids is 1. The fourth-order valence-corrected chi connectivity index (χ4v) is 2.24. The maximum absolute atomic E-state index is 11.9. The monoisotopic (exact) mass is 287 g/mol. The molecular weight excluding hydrogens is 266 g/mol. The highest BCUT2D eigenvalue weighted by Crippen LogP contribution is 2.16. The van der Waals surface area contributed by atoms with E-state index in [1.54, 1.807) is 4.68 Å². The first-order chi connectivity index (χ1) is 10.2. The Bertz CT molecular complexity index is 566. The van der Waals surface area contributed by atoms with Crippen molar-refractivity contribution >= 4 is 5.97 Å². The summed E-state index contributed by atoms with van der Waals surface area (Å²) >= 11 is 0. The summed E-state index contributed by atoms with van der Waals surface area (Å²) in [4.78, 5) is 11.9. The van der Waals surface area contributed by atoms with Crippen molar-refractivity contribution in [3.8, 4) is 0 Å². The number of hydrogen-bond donors (Lipinski definition) is 1. The lowest BCUT2D eigenvalue weighted by Gasteiger charge is -2.15. The van der Waals surface area contributed by atoms with Gasteiger partial charge in [-0.3, -0.25) is 9.48 Å². The molecule has 0 aliphatic heterocycles. The first kappa shape index (κ1) is 15.3. The van der Waals surface area contributed by atoms with Crippen molar-refractivity contribution < 1.29 is 9.53 Å². The maximum Gasteiger partial charge on any atom is 0.314 e. The largest absolute Gasteiger partial charge is 0.469 e. The first-order valence-corrected chi connectivity index (χ1v) is 7.01. The summed E-state index contributed by atoms with van der Waals surface area (Å²) in [6, 6.07) is 9.70. The number of benzene rings is 1. The fourth-order valence-electron chi connectivity index (χ4n) is 2.24. The molecule has 5 nitrogen and oxygen atoms in total. The van der Waals surface area contributed by atoms with E-state index in [9.17, 15) is 4.79 Å². The average molecular weight is 287 g/mol. The molecule has 0 spiro atoms. The van der Waals surface area contributed by atoms with E-state index in [1.807, 2.05) is 49.8 Å². The van der Waals surface area contributed by atoms with Gasteiger partial charge in [-0.2, -0.15) is 5.10 Å². The van der Waals surface area contributed by atoms with Crippen LogP contribution in [-0.2, 0) is 23.0 Å². The van der Waals surface area contributed by atoms with Crippen LogP contribution in [0.25, 0.3) is 0 Å². The number of nitrogens with one attached hydrogen (secondary N) is 1. The molecule has 112 valence electrons. The lowest BCUT2D eigenvalue weighted by molar-refractivity contribution is -0.142. The van der Waals surface area contributed by atoms with Crippen molar-refractivity contribution in [2.45, 2.75) is 12.3 Å². The number of nitrogens with zero attached hydrogens (tertiary/aromatic N) is 2. The first-order valence-electron chi connectivity index (χ1n) is 7.01. The second-order valence-corrected chi connectivity index (χ2v) is 4.96. The van der Waals surface area contributed by atoms with Crippen molar-refractivity contribution in [2.75, 3.05) is 20.2 Å². The van der Waals surface area contributed by atoms with Gasteiger partial charge in [0.25, 0.3) is 0 Å². The van der Waals surface area contributed by atoms with Gasteiger partial charge < -0.3 is 10.1 Å². The van der Waals surface area contributed by atoms with Crippen LogP contribution in [0.5, 0.6) is 0 Å². The van der Waals surface area contributed by atoms with Gasteiger partial charge in [-0.15, -0.1) is 0 Å².